The molecule has 0 N–H and O–H groups in total. The summed E-state index contributed by atoms with van der Waals surface area (Å²) in [6, 6.07) is 10.4. The van der Waals surface area contributed by atoms with Crippen molar-refractivity contribution < 1.29 is 13.2 Å². The van der Waals surface area contributed by atoms with Crippen molar-refractivity contribution in [3.05, 3.63) is 53.7 Å². The third kappa shape index (κ3) is 3.37. The van der Waals surface area contributed by atoms with Gasteiger partial charge in [-0.2, -0.15) is 4.31 Å². The summed E-state index contributed by atoms with van der Waals surface area (Å²) in [7, 11) is -1.86. The second-order valence-corrected chi connectivity index (χ2v) is 10.2. The molecule has 160 valence electrons. The van der Waals surface area contributed by atoms with E-state index in [9.17, 15) is 13.2 Å². The van der Waals surface area contributed by atoms with Crippen LogP contribution in [0.3, 0.4) is 0 Å². The lowest BCUT2D eigenvalue weighted by molar-refractivity contribution is -0.129. The normalized spacial score (nSPS) is 23.2. The number of pyridine rings is 1. The molecule has 1 aromatic heterocycles. The van der Waals surface area contributed by atoms with E-state index in [1.807, 2.05) is 57.0 Å². The molecule has 0 bridgehead atoms. The Kier molecular flexibility index (Phi) is 5.32. The van der Waals surface area contributed by atoms with E-state index in [4.69, 9.17) is 0 Å². The van der Waals surface area contributed by atoms with Gasteiger partial charge in [0.25, 0.3) is 0 Å². The van der Waals surface area contributed by atoms with E-state index in [0.717, 1.165) is 11.1 Å². The lowest BCUT2D eigenvalue weighted by Crippen LogP contribution is -2.52. The third-order valence-corrected chi connectivity index (χ3v) is 8.31. The average Bonchev–Trinajstić information content (AvgIpc) is 3.11. The highest BCUT2D eigenvalue weighted by Gasteiger charge is 2.50. The number of sulfonamides is 1. The molecule has 2 aliphatic rings. The molecule has 2 aliphatic heterocycles. The first-order chi connectivity index (χ1) is 14.2. The first-order valence-electron chi connectivity index (χ1n) is 10.3. The van der Waals surface area contributed by atoms with Gasteiger partial charge in [-0.25, -0.2) is 13.4 Å². The van der Waals surface area contributed by atoms with Crippen LogP contribution in [-0.4, -0.2) is 66.8 Å². The number of aryl methyl sites for hydroxylation is 1. The van der Waals surface area contributed by atoms with Gasteiger partial charge < -0.3 is 9.80 Å². The molecule has 1 fully saturated rings. The molecule has 4 rings (SSSR count). The van der Waals surface area contributed by atoms with Gasteiger partial charge in [0.05, 0.1) is 18.5 Å². The van der Waals surface area contributed by atoms with Crippen LogP contribution in [0.25, 0.3) is 0 Å². The summed E-state index contributed by atoms with van der Waals surface area (Å²) >= 11 is 0. The second-order valence-electron chi connectivity index (χ2n) is 8.40. The van der Waals surface area contributed by atoms with Crippen molar-refractivity contribution >= 4 is 21.7 Å². The zero-order chi connectivity index (χ0) is 21.6. The molecule has 1 aromatic carbocycles. The van der Waals surface area contributed by atoms with Gasteiger partial charge in [0.1, 0.15) is 10.7 Å². The summed E-state index contributed by atoms with van der Waals surface area (Å²) in [6.45, 7) is 6.62. The number of hydrogen-bond acceptors (Lipinski definition) is 5. The van der Waals surface area contributed by atoms with Crippen molar-refractivity contribution in [2.45, 2.75) is 50.2 Å². The van der Waals surface area contributed by atoms with E-state index in [-0.39, 0.29) is 28.9 Å². The van der Waals surface area contributed by atoms with Crippen LogP contribution < -0.4 is 4.90 Å². The Labute approximate surface area is 178 Å². The Balaban J connectivity index is 1.69. The first-order valence-corrected chi connectivity index (χ1v) is 11.7. The van der Waals surface area contributed by atoms with Crippen molar-refractivity contribution in [1.82, 2.24) is 14.2 Å². The molecule has 0 unspecified atom stereocenters. The Hall–Kier alpha value is -2.45. The zero-order valence-corrected chi connectivity index (χ0v) is 18.6. The predicted molar refractivity (Wildman–Crippen MR) is 116 cm³/mol. The van der Waals surface area contributed by atoms with Gasteiger partial charge in [-0.15, -0.1) is 0 Å². The van der Waals surface area contributed by atoms with Crippen LogP contribution in [0.1, 0.15) is 25.0 Å². The number of carbonyl (C=O) groups excluding carboxylic acids is 1. The van der Waals surface area contributed by atoms with Gasteiger partial charge in [0.2, 0.25) is 15.9 Å². The maximum Gasteiger partial charge on any atom is 0.247 e. The lowest BCUT2D eigenvalue weighted by atomic mass is 10.1. The number of benzene rings is 1. The van der Waals surface area contributed by atoms with Crippen LogP contribution in [0.4, 0.5) is 5.82 Å². The molecule has 2 atom stereocenters. The van der Waals surface area contributed by atoms with Crippen molar-refractivity contribution in [2.75, 3.05) is 25.0 Å². The van der Waals surface area contributed by atoms with Gasteiger partial charge >= 0.3 is 0 Å². The Morgan fingerprint density at radius 2 is 1.83 bits per heavy atom. The van der Waals surface area contributed by atoms with E-state index < -0.39 is 10.0 Å². The smallest absolute Gasteiger partial charge is 0.247 e. The molecular weight excluding hydrogens is 400 g/mol. The van der Waals surface area contributed by atoms with Crippen molar-refractivity contribution in [3.8, 4) is 0 Å². The van der Waals surface area contributed by atoms with E-state index in [1.54, 1.807) is 27.5 Å². The molecule has 0 saturated carbocycles. The summed E-state index contributed by atoms with van der Waals surface area (Å²) in [4.78, 5) is 21.5. The van der Waals surface area contributed by atoms with Crippen molar-refractivity contribution in [3.63, 3.8) is 0 Å². The first kappa shape index (κ1) is 20.8. The molecule has 0 radical (unpaired) electrons. The van der Waals surface area contributed by atoms with Gasteiger partial charge in [0, 0.05) is 32.4 Å². The molecular formula is C22H28N4O3S. The Morgan fingerprint density at radius 3 is 2.53 bits per heavy atom. The van der Waals surface area contributed by atoms with E-state index in [0.29, 0.717) is 25.3 Å². The standard InChI is InChI=1S/C22H28N4O3S/c1-15(2)26-19-14-25(21(27)12-17-9-6-5-8-16(17)3)13-18(19)24(4)22-20(30(26,28)29)10-7-11-23-22/h5-11,15,18-19H,12-14H2,1-4H3/t18-,19+/m1/s1. The lowest BCUT2D eigenvalue weighted by Gasteiger charge is -2.33. The van der Waals surface area contributed by atoms with Gasteiger partial charge in [-0.1, -0.05) is 24.3 Å². The minimum absolute atomic E-state index is 0.0214. The largest absolute Gasteiger partial charge is 0.352 e. The summed E-state index contributed by atoms with van der Waals surface area (Å²) in [5.74, 6) is 0.469. The van der Waals surface area contributed by atoms with Gasteiger partial charge in [0.15, 0.2) is 0 Å². The minimum Gasteiger partial charge on any atom is -0.352 e. The average molecular weight is 429 g/mol. The molecule has 0 aliphatic carbocycles. The van der Waals surface area contributed by atoms with Crippen LogP contribution >= 0.6 is 0 Å². The molecule has 1 amide bonds. The SMILES string of the molecule is Cc1ccccc1CC(=O)N1C[C@@H]2[C@H](C1)N(C(C)C)S(=O)(=O)c1cccnc1N2C. The number of likely N-dealkylation sites (N-methyl/N-ethyl adjacent to an activating group) is 1. The van der Waals surface area contributed by atoms with Gasteiger partial charge in [-0.3, -0.25) is 4.79 Å². The monoisotopic (exact) mass is 428 g/mol. The summed E-state index contributed by atoms with van der Waals surface area (Å²) in [6.07, 6.45) is 1.93. The maximum absolute atomic E-state index is 13.5. The zero-order valence-electron chi connectivity index (χ0n) is 17.8. The number of rotatable bonds is 3. The fourth-order valence-corrected chi connectivity index (χ4v) is 6.67. The molecule has 3 heterocycles. The topological polar surface area (TPSA) is 73.8 Å². The quantitative estimate of drug-likeness (QED) is 0.748. The minimum atomic E-state index is -3.73. The van der Waals surface area contributed by atoms with Crippen LogP contribution in [0.5, 0.6) is 0 Å². The Morgan fingerprint density at radius 1 is 1.13 bits per heavy atom. The molecule has 30 heavy (non-hydrogen) atoms. The Bertz CT molecular complexity index is 1070. The fraction of sp³-hybridized carbons (Fsp3) is 0.455. The van der Waals surface area contributed by atoms with Crippen LogP contribution in [-0.2, 0) is 21.2 Å². The number of carbonyl (C=O) groups is 1. The summed E-state index contributed by atoms with van der Waals surface area (Å²) in [5.41, 5.74) is 2.09. The summed E-state index contributed by atoms with van der Waals surface area (Å²) < 4.78 is 28.6. The molecule has 1 saturated heterocycles. The number of amides is 1. The van der Waals surface area contributed by atoms with Crippen molar-refractivity contribution in [2.24, 2.45) is 0 Å². The van der Waals surface area contributed by atoms with Crippen LogP contribution in [0.2, 0.25) is 0 Å². The highest BCUT2D eigenvalue weighted by atomic mass is 32.2. The number of fused-ring (bicyclic) bond motifs is 2. The van der Waals surface area contributed by atoms with Crippen molar-refractivity contribution in [1.29, 1.82) is 0 Å². The van der Waals surface area contributed by atoms with E-state index in [2.05, 4.69) is 4.98 Å². The van der Waals surface area contributed by atoms with Crippen LogP contribution in [0, 0.1) is 6.92 Å². The molecule has 0 spiro atoms. The summed E-state index contributed by atoms with van der Waals surface area (Å²) in [5, 5.41) is 0. The number of likely N-dealkylation sites (tertiary alicyclic amines) is 1. The van der Waals surface area contributed by atoms with Gasteiger partial charge in [-0.05, 0) is 44.0 Å². The highest BCUT2D eigenvalue weighted by Crippen LogP contribution is 2.37. The highest BCUT2D eigenvalue weighted by molar-refractivity contribution is 7.89. The number of nitrogens with zero attached hydrogens (tertiary/aromatic N) is 4. The molecule has 2 aromatic rings. The molecule has 8 heteroatoms. The number of aromatic nitrogens is 1. The number of anilines is 1. The maximum atomic E-state index is 13.5. The second kappa shape index (κ2) is 7.67. The fourth-order valence-electron chi connectivity index (χ4n) is 4.64. The van der Waals surface area contributed by atoms with Crippen LogP contribution in [0.15, 0.2) is 47.5 Å². The number of hydrogen-bond donors (Lipinski definition) is 0. The molecule has 7 nitrogen and oxygen atoms in total. The predicted octanol–water partition coefficient (Wildman–Crippen LogP) is 2.06. The third-order valence-electron chi connectivity index (χ3n) is 6.19. The van der Waals surface area contributed by atoms with E-state index in [1.165, 1.54) is 0 Å². The van der Waals surface area contributed by atoms with E-state index >= 15 is 0 Å².